The summed E-state index contributed by atoms with van der Waals surface area (Å²) < 4.78 is 93.2. The molecule has 2 aromatic carbocycles. The highest BCUT2D eigenvalue weighted by Crippen LogP contribution is 2.36. The average Bonchev–Trinajstić information content (AvgIpc) is 2.92. The number of amides is 4. The molecule has 15 heteroatoms. The summed E-state index contributed by atoms with van der Waals surface area (Å²) in [6, 6.07) is 4.80. The maximum atomic E-state index is 13.6. The van der Waals surface area contributed by atoms with Crippen molar-refractivity contribution in [3.8, 4) is 0 Å². The van der Waals surface area contributed by atoms with E-state index in [2.05, 4.69) is 5.32 Å². The van der Waals surface area contributed by atoms with Gasteiger partial charge >= 0.3 is 18.4 Å². The van der Waals surface area contributed by atoms with Gasteiger partial charge < -0.3 is 24.9 Å². The molecular weight excluding hydrogens is 587 g/mol. The SMILES string of the molecule is CN(C)CC[C@H]1C(=O)N(Cc2ccc(F)cc2)C[C@@H]2N(C(=O)NCc3cc(C(F)(F)F)cc(C(F)(F)F)c3)CCC(=O)N21. The molecule has 43 heavy (non-hydrogen) atoms. The monoisotopic (exact) mass is 617 g/mol. The quantitative estimate of drug-likeness (QED) is 0.471. The fourth-order valence-electron chi connectivity index (χ4n) is 5.23. The van der Waals surface area contributed by atoms with Gasteiger partial charge in [-0.05, 0) is 68.5 Å². The van der Waals surface area contributed by atoms with Gasteiger partial charge in [0.1, 0.15) is 18.0 Å². The van der Waals surface area contributed by atoms with E-state index >= 15 is 0 Å². The summed E-state index contributed by atoms with van der Waals surface area (Å²) in [5, 5.41) is 2.38. The van der Waals surface area contributed by atoms with Crippen LogP contribution in [0.3, 0.4) is 0 Å². The number of carbonyl (C=O) groups excluding carboxylic acids is 3. The molecular formula is C28H30F7N5O3. The molecule has 2 saturated heterocycles. The van der Waals surface area contributed by atoms with E-state index in [1.54, 1.807) is 14.1 Å². The molecule has 2 aliphatic heterocycles. The van der Waals surface area contributed by atoms with Crippen molar-refractivity contribution in [2.24, 2.45) is 0 Å². The minimum absolute atomic E-state index is 0.00205. The number of nitrogens with one attached hydrogen (secondary N) is 1. The van der Waals surface area contributed by atoms with Gasteiger partial charge in [-0.3, -0.25) is 9.59 Å². The number of urea groups is 1. The first-order chi connectivity index (χ1) is 20.0. The highest BCUT2D eigenvalue weighted by atomic mass is 19.4. The molecule has 0 unspecified atom stereocenters. The molecule has 2 atom stereocenters. The standard InChI is InChI=1S/C28H30F7N5O3/c1-37(2)9-7-22-25(42)38(15-17-3-5-21(29)6-4-17)16-23-39(10-8-24(41)40(22)23)26(43)36-14-18-11-19(27(30,31)32)13-20(12-18)28(33,34)35/h3-6,11-13,22-23H,7-10,14-16H2,1-2H3,(H,36,43)/t22-,23+/m0/s1. The molecule has 2 aliphatic rings. The third-order valence-electron chi connectivity index (χ3n) is 7.34. The van der Waals surface area contributed by atoms with Gasteiger partial charge in [0.05, 0.1) is 17.7 Å². The van der Waals surface area contributed by atoms with E-state index < -0.39 is 59.6 Å². The number of hydrogen-bond acceptors (Lipinski definition) is 4. The van der Waals surface area contributed by atoms with Crippen LogP contribution in [0, 0.1) is 5.82 Å². The first-order valence-corrected chi connectivity index (χ1v) is 13.4. The highest BCUT2D eigenvalue weighted by molar-refractivity contribution is 5.91. The Morgan fingerprint density at radius 3 is 2.12 bits per heavy atom. The lowest BCUT2D eigenvalue weighted by Crippen LogP contribution is -2.72. The minimum Gasteiger partial charge on any atom is -0.334 e. The Balaban J connectivity index is 1.59. The van der Waals surface area contributed by atoms with Crippen molar-refractivity contribution in [3.05, 3.63) is 70.5 Å². The smallest absolute Gasteiger partial charge is 0.334 e. The molecule has 0 bridgehead atoms. The predicted molar refractivity (Wildman–Crippen MR) is 139 cm³/mol. The van der Waals surface area contributed by atoms with Crippen molar-refractivity contribution in [2.45, 2.75) is 50.5 Å². The molecule has 2 heterocycles. The maximum Gasteiger partial charge on any atom is 0.416 e. The number of alkyl halides is 6. The molecule has 2 fully saturated rings. The van der Waals surface area contributed by atoms with Crippen molar-refractivity contribution in [1.82, 2.24) is 24.9 Å². The number of halogens is 7. The fraction of sp³-hybridized carbons (Fsp3) is 0.464. The summed E-state index contributed by atoms with van der Waals surface area (Å²) in [6.45, 7) is -0.335. The van der Waals surface area contributed by atoms with Crippen LogP contribution in [0.2, 0.25) is 0 Å². The molecule has 2 aromatic rings. The summed E-state index contributed by atoms with van der Waals surface area (Å²) >= 11 is 0. The van der Waals surface area contributed by atoms with E-state index in [1.165, 1.54) is 39.0 Å². The number of benzene rings is 2. The highest BCUT2D eigenvalue weighted by Gasteiger charge is 2.48. The summed E-state index contributed by atoms with van der Waals surface area (Å²) in [6.07, 6.45) is -10.9. The summed E-state index contributed by atoms with van der Waals surface area (Å²) in [4.78, 5) is 45.8. The van der Waals surface area contributed by atoms with Crippen LogP contribution < -0.4 is 5.32 Å². The van der Waals surface area contributed by atoms with Crippen molar-refractivity contribution in [1.29, 1.82) is 0 Å². The van der Waals surface area contributed by atoms with Gasteiger partial charge in [0.15, 0.2) is 0 Å². The predicted octanol–water partition coefficient (Wildman–Crippen LogP) is 4.30. The molecule has 0 aromatic heterocycles. The van der Waals surface area contributed by atoms with Crippen LogP contribution in [-0.4, -0.2) is 83.4 Å². The second kappa shape index (κ2) is 12.4. The number of piperazine rings is 1. The Hall–Kier alpha value is -3.88. The Labute approximate surface area is 243 Å². The normalized spacial score (nSPS) is 19.6. The van der Waals surface area contributed by atoms with Gasteiger partial charge in [0.25, 0.3) is 0 Å². The van der Waals surface area contributed by atoms with Crippen LogP contribution in [0.25, 0.3) is 0 Å². The van der Waals surface area contributed by atoms with E-state index in [-0.39, 0.29) is 50.4 Å². The Bertz CT molecular complexity index is 1320. The number of rotatable bonds is 7. The van der Waals surface area contributed by atoms with Crippen molar-refractivity contribution < 1.29 is 45.1 Å². The van der Waals surface area contributed by atoms with Crippen LogP contribution in [0.1, 0.15) is 35.1 Å². The molecule has 1 N–H and O–H groups in total. The number of nitrogens with zero attached hydrogens (tertiary/aromatic N) is 4. The molecule has 0 radical (unpaired) electrons. The summed E-state index contributed by atoms with van der Waals surface area (Å²) in [5.74, 6) is -1.19. The number of carbonyl (C=O) groups is 3. The average molecular weight is 618 g/mol. The lowest BCUT2D eigenvalue weighted by Gasteiger charge is -2.52. The van der Waals surface area contributed by atoms with E-state index in [0.29, 0.717) is 24.2 Å². The second-order valence-electron chi connectivity index (χ2n) is 10.8. The molecule has 8 nitrogen and oxygen atoms in total. The van der Waals surface area contributed by atoms with Gasteiger partial charge in [-0.15, -0.1) is 0 Å². The second-order valence-corrected chi connectivity index (χ2v) is 10.8. The van der Waals surface area contributed by atoms with E-state index in [1.807, 2.05) is 4.90 Å². The van der Waals surface area contributed by atoms with Gasteiger partial charge in [-0.1, -0.05) is 12.1 Å². The van der Waals surface area contributed by atoms with Crippen LogP contribution in [-0.2, 0) is 35.0 Å². The minimum atomic E-state index is -5.04. The Kier molecular flexibility index (Phi) is 9.23. The topological polar surface area (TPSA) is 76.2 Å². The maximum absolute atomic E-state index is 13.6. The van der Waals surface area contributed by atoms with Crippen LogP contribution in [0.4, 0.5) is 35.5 Å². The van der Waals surface area contributed by atoms with Gasteiger partial charge in [0, 0.05) is 26.1 Å². The molecule has 234 valence electrons. The third-order valence-corrected chi connectivity index (χ3v) is 7.34. The van der Waals surface area contributed by atoms with Crippen LogP contribution in [0.15, 0.2) is 42.5 Å². The van der Waals surface area contributed by atoms with Crippen molar-refractivity contribution in [2.75, 3.05) is 33.7 Å². The van der Waals surface area contributed by atoms with E-state index in [9.17, 15) is 45.1 Å². The zero-order valence-corrected chi connectivity index (χ0v) is 23.3. The van der Waals surface area contributed by atoms with Crippen LogP contribution in [0.5, 0.6) is 0 Å². The molecule has 0 aliphatic carbocycles. The Morgan fingerprint density at radius 1 is 0.953 bits per heavy atom. The molecule has 4 rings (SSSR count). The fourth-order valence-corrected chi connectivity index (χ4v) is 5.23. The van der Waals surface area contributed by atoms with E-state index in [4.69, 9.17) is 0 Å². The zero-order valence-electron chi connectivity index (χ0n) is 23.3. The zero-order chi connectivity index (χ0) is 31.7. The lowest BCUT2D eigenvalue weighted by atomic mass is 10.0. The Morgan fingerprint density at radius 2 is 1.56 bits per heavy atom. The molecule has 0 spiro atoms. The summed E-state index contributed by atoms with van der Waals surface area (Å²) in [5.41, 5.74) is -2.82. The van der Waals surface area contributed by atoms with E-state index in [0.717, 1.165) is 0 Å². The molecule has 0 saturated carbocycles. The van der Waals surface area contributed by atoms with Gasteiger partial charge in [-0.2, -0.15) is 26.3 Å². The lowest BCUT2D eigenvalue weighted by molar-refractivity contribution is -0.167. The first kappa shape index (κ1) is 32.0. The number of fused-ring (bicyclic) bond motifs is 1. The van der Waals surface area contributed by atoms with Gasteiger partial charge in [0.2, 0.25) is 11.8 Å². The summed E-state index contributed by atoms with van der Waals surface area (Å²) in [7, 11) is 3.58. The molecule has 4 amide bonds. The third kappa shape index (κ3) is 7.56. The van der Waals surface area contributed by atoms with Crippen molar-refractivity contribution in [3.63, 3.8) is 0 Å². The largest absolute Gasteiger partial charge is 0.416 e. The first-order valence-electron chi connectivity index (χ1n) is 13.4. The number of hydrogen-bond donors (Lipinski definition) is 1. The van der Waals surface area contributed by atoms with Crippen LogP contribution >= 0.6 is 0 Å². The van der Waals surface area contributed by atoms with Gasteiger partial charge in [-0.25, -0.2) is 9.18 Å². The van der Waals surface area contributed by atoms with Crippen molar-refractivity contribution >= 4 is 17.8 Å².